The van der Waals surface area contributed by atoms with Crippen molar-refractivity contribution in [2.75, 3.05) is 0 Å². The van der Waals surface area contributed by atoms with Crippen molar-refractivity contribution in [3.63, 3.8) is 0 Å². The number of aromatic amines is 1. The third kappa shape index (κ3) is 2.09. The molecular formula is C16H14N2O4. The SMILES string of the molecule is CCc1c(OC(C)=O)c([N+](=O)[O-])cc2c1[nH]c1ccccc12. The van der Waals surface area contributed by atoms with E-state index in [2.05, 4.69) is 4.98 Å². The Bertz CT molecular complexity index is 911. The van der Waals surface area contributed by atoms with E-state index in [9.17, 15) is 14.9 Å². The number of ether oxygens (including phenoxy) is 1. The minimum absolute atomic E-state index is 0.0269. The largest absolute Gasteiger partial charge is 0.419 e. The standard InChI is InChI=1S/C16H14N2O4/c1-3-10-15-12(11-6-4-5-7-13(11)17-15)8-14(18(20)21)16(10)22-9(2)19/h4-8,17H,3H2,1-2H3. The third-order valence-corrected chi connectivity index (χ3v) is 3.63. The van der Waals surface area contributed by atoms with Crippen LogP contribution in [0.5, 0.6) is 5.75 Å². The first-order valence-corrected chi connectivity index (χ1v) is 6.92. The van der Waals surface area contributed by atoms with Gasteiger partial charge in [-0.1, -0.05) is 25.1 Å². The van der Waals surface area contributed by atoms with Crippen molar-refractivity contribution in [3.8, 4) is 5.75 Å². The molecule has 6 nitrogen and oxygen atoms in total. The van der Waals surface area contributed by atoms with Gasteiger partial charge in [0.15, 0.2) is 0 Å². The highest BCUT2D eigenvalue weighted by molar-refractivity contribution is 6.10. The van der Waals surface area contributed by atoms with Gasteiger partial charge >= 0.3 is 11.7 Å². The van der Waals surface area contributed by atoms with Crippen LogP contribution < -0.4 is 4.74 Å². The maximum atomic E-state index is 11.4. The smallest absolute Gasteiger partial charge is 0.312 e. The topological polar surface area (TPSA) is 85.2 Å². The average Bonchev–Trinajstić information content (AvgIpc) is 2.84. The minimum atomic E-state index is -0.576. The van der Waals surface area contributed by atoms with Crippen LogP contribution in [0.1, 0.15) is 19.4 Å². The van der Waals surface area contributed by atoms with E-state index in [1.807, 2.05) is 31.2 Å². The Hall–Kier alpha value is -2.89. The first kappa shape index (κ1) is 14.1. The van der Waals surface area contributed by atoms with Crippen LogP contribution in [0.2, 0.25) is 0 Å². The molecular weight excluding hydrogens is 284 g/mol. The molecule has 0 amide bonds. The Morgan fingerprint density at radius 3 is 2.68 bits per heavy atom. The number of hydrogen-bond acceptors (Lipinski definition) is 4. The fourth-order valence-corrected chi connectivity index (χ4v) is 2.75. The fraction of sp³-hybridized carbons (Fsp3) is 0.188. The third-order valence-electron chi connectivity index (χ3n) is 3.63. The molecule has 3 aromatic rings. The molecule has 0 atom stereocenters. The molecule has 0 radical (unpaired) electrons. The van der Waals surface area contributed by atoms with Crippen LogP contribution >= 0.6 is 0 Å². The van der Waals surface area contributed by atoms with Gasteiger partial charge in [-0.25, -0.2) is 0 Å². The summed E-state index contributed by atoms with van der Waals surface area (Å²) in [6.07, 6.45) is 0.508. The zero-order chi connectivity index (χ0) is 15.9. The van der Waals surface area contributed by atoms with E-state index in [1.165, 1.54) is 13.0 Å². The number of nitro benzene ring substituents is 1. The number of hydrogen-bond donors (Lipinski definition) is 1. The van der Waals surface area contributed by atoms with E-state index in [4.69, 9.17) is 4.74 Å². The molecule has 0 spiro atoms. The van der Waals surface area contributed by atoms with Gasteiger partial charge in [-0.05, 0) is 12.5 Å². The van der Waals surface area contributed by atoms with Crippen LogP contribution in [-0.4, -0.2) is 15.9 Å². The van der Waals surface area contributed by atoms with Gasteiger partial charge < -0.3 is 9.72 Å². The highest BCUT2D eigenvalue weighted by Gasteiger charge is 2.25. The first-order valence-electron chi connectivity index (χ1n) is 6.92. The van der Waals surface area contributed by atoms with Gasteiger partial charge in [0, 0.05) is 34.8 Å². The van der Waals surface area contributed by atoms with Crippen LogP contribution in [0.15, 0.2) is 30.3 Å². The Balaban J connectivity index is 2.46. The Morgan fingerprint density at radius 2 is 2.05 bits per heavy atom. The van der Waals surface area contributed by atoms with E-state index in [0.717, 1.165) is 21.8 Å². The Kier molecular flexibility index (Phi) is 3.29. The number of carbonyl (C=O) groups excluding carboxylic acids is 1. The molecule has 1 aromatic heterocycles. The first-order chi connectivity index (χ1) is 10.5. The summed E-state index contributed by atoms with van der Waals surface area (Å²) in [6, 6.07) is 9.05. The number of benzene rings is 2. The molecule has 0 aliphatic carbocycles. The Morgan fingerprint density at radius 1 is 1.32 bits per heavy atom. The number of nitrogens with one attached hydrogen (secondary N) is 1. The summed E-state index contributed by atoms with van der Waals surface area (Å²) in [5.41, 5.74) is 2.10. The predicted octanol–water partition coefficient (Wildman–Crippen LogP) is 3.72. The van der Waals surface area contributed by atoms with E-state index in [1.54, 1.807) is 0 Å². The van der Waals surface area contributed by atoms with Crippen molar-refractivity contribution in [2.24, 2.45) is 0 Å². The number of aryl methyl sites for hydroxylation is 1. The zero-order valence-electron chi connectivity index (χ0n) is 12.2. The van der Waals surface area contributed by atoms with Crippen LogP contribution in [0.4, 0.5) is 5.69 Å². The lowest BCUT2D eigenvalue weighted by Gasteiger charge is -2.09. The molecule has 0 saturated carbocycles. The van der Waals surface area contributed by atoms with Crippen LogP contribution in [-0.2, 0) is 11.2 Å². The summed E-state index contributed by atoms with van der Waals surface area (Å²) in [5, 5.41) is 13.0. The number of rotatable bonds is 3. The molecule has 6 heteroatoms. The molecule has 2 aromatic carbocycles. The summed E-state index contributed by atoms with van der Waals surface area (Å²) < 4.78 is 5.13. The van der Waals surface area contributed by atoms with Crippen molar-refractivity contribution < 1.29 is 14.5 Å². The van der Waals surface area contributed by atoms with E-state index < -0.39 is 10.9 Å². The average molecular weight is 298 g/mol. The molecule has 0 aliphatic heterocycles. The van der Waals surface area contributed by atoms with Crippen molar-refractivity contribution in [1.29, 1.82) is 0 Å². The number of esters is 1. The molecule has 0 aliphatic rings. The zero-order valence-corrected chi connectivity index (χ0v) is 12.2. The summed E-state index contributed by atoms with van der Waals surface area (Å²) in [6.45, 7) is 3.11. The maximum Gasteiger partial charge on any atom is 0.312 e. The van der Waals surface area contributed by atoms with Crippen LogP contribution in [0.25, 0.3) is 21.8 Å². The second kappa shape index (κ2) is 5.14. The molecule has 0 unspecified atom stereocenters. The summed E-state index contributed by atoms with van der Waals surface area (Å²) in [7, 11) is 0. The number of nitro groups is 1. The fourth-order valence-electron chi connectivity index (χ4n) is 2.75. The number of nitrogens with zero attached hydrogens (tertiary/aromatic N) is 1. The van der Waals surface area contributed by atoms with Gasteiger partial charge in [0.1, 0.15) is 0 Å². The number of para-hydroxylation sites is 1. The van der Waals surface area contributed by atoms with Crippen molar-refractivity contribution >= 4 is 33.5 Å². The number of aromatic nitrogens is 1. The van der Waals surface area contributed by atoms with Crippen LogP contribution in [0, 0.1) is 10.1 Å². The molecule has 0 saturated heterocycles. The van der Waals surface area contributed by atoms with Crippen molar-refractivity contribution in [1.82, 2.24) is 4.98 Å². The van der Waals surface area contributed by atoms with E-state index >= 15 is 0 Å². The van der Waals surface area contributed by atoms with Crippen molar-refractivity contribution in [2.45, 2.75) is 20.3 Å². The molecule has 1 N–H and O–H groups in total. The molecule has 3 rings (SSSR count). The highest BCUT2D eigenvalue weighted by Crippen LogP contribution is 2.40. The number of fused-ring (bicyclic) bond motifs is 3. The van der Waals surface area contributed by atoms with Gasteiger partial charge in [0.25, 0.3) is 0 Å². The van der Waals surface area contributed by atoms with E-state index in [-0.39, 0.29) is 11.4 Å². The van der Waals surface area contributed by atoms with Gasteiger partial charge in [-0.15, -0.1) is 0 Å². The normalized spacial score (nSPS) is 11.0. The second-order valence-corrected chi connectivity index (χ2v) is 5.00. The molecule has 1 heterocycles. The lowest BCUT2D eigenvalue weighted by atomic mass is 10.0. The van der Waals surface area contributed by atoms with Gasteiger partial charge in [-0.2, -0.15) is 0 Å². The van der Waals surface area contributed by atoms with Gasteiger partial charge in [0.05, 0.1) is 10.4 Å². The lowest BCUT2D eigenvalue weighted by Crippen LogP contribution is -2.07. The van der Waals surface area contributed by atoms with Crippen molar-refractivity contribution in [3.05, 3.63) is 46.0 Å². The number of carbonyl (C=O) groups is 1. The highest BCUT2D eigenvalue weighted by atomic mass is 16.6. The molecule has 0 fully saturated rings. The maximum absolute atomic E-state index is 11.4. The van der Waals surface area contributed by atoms with Gasteiger partial charge in [-0.3, -0.25) is 14.9 Å². The van der Waals surface area contributed by atoms with E-state index in [0.29, 0.717) is 12.0 Å². The number of H-pyrrole nitrogens is 1. The molecule has 112 valence electrons. The monoisotopic (exact) mass is 298 g/mol. The Labute approximate surface area is 125 Å². The van der Waals surface area contributed by atoms with Gasteiger partial charge in [0.2, 0.25) is 5.75 Å². The lowest BCUT2D eigenvalue weighted by molar-refractivity contribution is -0.385. The second-order valence-electron chi connectivity index (χ2n) is 5.00. The van der Waals surface area contributed by atoms with Crippen LogP contribution in [0.3, 0.4) is 0 Å². The summed E-state index contributed by atoms with van der Waals surface area (Å²) in [5.74, 6) is -0.549. The predicted molar refractivity (Wildman–Crippen MR) is 83.1 cm³/mol. The molecule has 22 heavy (non-hydrogen) atoms. The quantitative estimate of drug-likeness (QED) is 0.345. The minimum Gasteiger partial charge on any atom is -0.419 e. The molecule has 0 bridgehead atoms. The summed E-state index contributed by atoms with van der Waals surface area (Å²) in [4.78, 5) is 25.4. The summed E-state index contributed by atoms with van der Waals surface area (Å²) >= 11 is 0.